The van der Waals surface area contributed by atoms with Gasteiger partial charge in [0.25, 0.3) is 0 Å². The highest BCUT2D eigenvalue weighted by Crippen LogP contribution is 2.38. The molecule has 0 atom stereocenters. The van der Waals surface area contributed by atoms with Crippen LogP contribution in [0.25, 0.3) is 15.7 Å². The molecule has 7 heteroatoms. The SMILES string of the molecule is N#[N+]c1c(O)cc(S(=O)(=O)[O-])c2ccccc12. The number of aromatic hydroxyl groups is 1. The van der Waals surface area contributed by atoms with Crippen LogP contribution in [0.2, 0.25) is 0 Å². The quantitative estimate of drug-likeness (QED) is 0.614. The van der Waals surface area contributed by atoms with Gasteiger partial charge < -0.3 is 9.66 Å². The van der Waals surface area contributed by atoms with Gasteiger partial charge in [0.2, 0.25) is 11.1 Å². The third-order valence-corrected chi connectivity index (χ3v) is 3.20. The monoisotopic (exact) mass is 250 g/mol. The first-order chi connectivity index (χ1) is 7.95. The van der Waals surface area contributed by atoms with E-state index in [1.807, 2.05) is 0 Å². The van der Waals surface area contributed by atoms with Crippen molar-refractivity contribution < 1.29 is 18.1 Å². The predicted octanol–water partition coefficient (Wildman–Crippen LogP) is 1.93. The van der Waals surface area contributed by atoms with Crippen LogP contribution in [0.1, 0.15) is 0 Å². The Balaban J connectivity index is 3.06. The van der Waals surface area contributed by atoms with Gasteiger partial charge in [0, 0.05) is 11.5 Å². The van der Waals surface area contributed by atoms with Crippen molar-refractivity contribution in [3.8, 4) is 5.75 Å². The lowest BCUT2D eigenvalue weighted by atomic mass is 10.1. The zero-order valence-electron chi connectivity index (χ0n) is 8.36. The van der Waals surface area contributed by atoms with Gasteiger partial charge in [-0.15, -0.1) is 0 Å². The van der Waals surface area contributed by atoms with Gasteiger partial charge in [0.1, 0.15) is 10.1 Å². The molecule has 2 rings (SSSR count). The Bertz CT molecular complexity index is 747. The molecule has 0 aliphatic heterocycles. The van der Waals surface area contributed by atoms with Crippen LogP contribution in [0.5, 0.6) is 5.75 Å². The Hall–Kier alpha value is -2.17. The molecular weight excluding hydrogens is 244 g/mol. The highest BCUT2D eigenvalue weighted by Gasteiger charge is 2.22. The van der Waals surface area contributed by atoms with Crippen LogP contribution in [-0.2, 0) is 10.1 Å². The maximum atomic E-state index is 11.0. The number of phenolic OH excluding ortho intramolecular Hbond substituents is 1. The minimum Gasteiger partial charge on any atom is -0.744 e. The van der Waals surface area contributed by atoms with Gasteiger partial charge in [-0.05, 0) is 6.07 Å². The van der Waals surface area contributed by atoms with Crippen LogP contribution >= 0.6 is 0 Å². The number of benzene rings is 2. The van der Waals surface area contributed by atoms with Crippen molar-refractivity contribution in [1.29, 1.82) is 5.39 Å². The Morgan fingerprint density at radius 2 is 1.82 bits per heavy atom. The van der Waals surface area contributed by atoms with Crippen molar-refractivity contribution in [1.82, 2.24) is 0 Å². The van der Waals surface area contributed by atoms with Gasteiger partial charge in [-0.25, -0.2) is 8.42 Å². The molecule has 0 bridgehead atoms. The molecule has 0 aromatic heterocycles. The van der Waals surface area contributed by atoms with Crippen LogP contribution in [0, 0.1) is 5.39 Å². The Kier molecular flexibility index (Phi) is 2.46. The molecule has 0 aliphatic carbocycles. The summed E-state index contributed by atoms with van der Waals surface area (Å²) in [4.78, 5) is 2.33. The number of diazo groups is 1. The van der Waals surface area contributed by atoms with E-state index in [9.17, 15) is 18.1 Å². The van der Waals surface area contributed by atoms with E-state index in [0.29, 0.717) is 0 Å². The summed E-state index contributed by atoms with van der Waals surface area (Å²) < 4.78 is 33.1. The fraction of sp³-hybridized carbons (Fsp3) is 0. The first-order valence-corrected chi connectivity index (χ1v) is 5.91. The summed E-state index contributed by atoms with van der Waals surface area (Å²) in [5, 5.41) is 18.5. The molecule has 0 radical (unpaired) electrons. The van der Waals surface area contributed by atoms with E-state index in [1.54, 1.807) is 6.07 Å². The summed E-state index contributed by atoms with van der Waals surface area (Å²) in [5.74, 6) is -0.569. The van der Waals surface area contributed by atoms with E-state index >= 15 is 0 Å². The average molecular weight is 250 g/mol. The molecule has 0 heterocycles. The molecule has 0 fully saturated rings. The van der Waals surface area contributed by atoms with Gasteiger partial charge in [-0.1, -0.05) is 18.2 Å². The van der Waals surface area contributed by atoms with Gasteiger partial charge in [-0.3, -0.25) is 0 Å². The second-order valence-electron chi connectivity index (χ2n) is 3.34. The lowest BCUT2D eigenvalue weighted by Gasteiger charge is -2.09. The smallest absolute Gasteiger partial charge is 0.433 e. The zero-order chi connectivity index (χ0) is 12.6. The zero-order valence-corrected chi connectivity index (χ0v) is 9.18. The molecule has 2 aromatic carbocycles. The third-order valence-electron chi connectivity index (χ3n) is 2.33. The van der Waals surface area contributed by atoms with E-state index < -0.39 is 20.8 Å². The number of fused-ring (bicyclic) bond motifs is 1. The minimum absolute atomic E-state index is 0.105. The summed E-state index contributed by atoms with van der Waals surface area (Å²) in [6.45, 7) is 0. The average Bonchev–Trinajstić information content (AvgIpc) is 2.27. The second-order valence-corrected chi connectivity index (χ2v) is 4.69. The number of nitrogens with zero attached hydrogens (tertiary/aromatic N) is 2. The molecule has 2 aromatic rings. The van der Waals surface area contributed by atoms with Crippen LogP contribution in [0.15, 0.2) is 35.2 Å². The molecule has 0 aliphatic rings. The van der Waals surface area contributed by atoms with E-state index in [-0.39, 0.29) is 16.5 Å². The van der Waals surface area contributed by atoms with Crippen LogP contribution in [0.3, 0.4) is 0 Å². The van der Waals surface area contributed by atoms with Crippen molar-refractivity contribution in [3.05, 3.63) is 35.3 Å². The van der Waals surface area contributed by atoms with Crippen LogP contribution in [0.4, 0.5) is 5.69 Å². The summed E-state index contributed by atoms with van der Waals surface area (Å²) in [5.41, 5.74) is -0.173. The molecule has 0 saturated heterocycles. The molecule has 6 nitrogen and oxygen atoms in total. The topological polar surface area (TPSA) is 106 Å². The molecule has 86 valence electrons. The maximum absolute atomic E-state index is 11.0. The number of hydrogen-bond donors (Lipinski definition) is 1. The van der Waals surface area contributed by atoms with Gasteiger partial charge in [-0.2, -0.15) is 0 Å². The molecular formula is C10H6N2O4S. The summed E-state index contributed by atoms with van der Waals surface area (Å²) in [6.07, 6.45) is 0. The fourth-order valence-corrected chi connectivity index (χ4v) is 2.33. The normalized spacial score (nSPS) is 11.3. The highest BCUT2D eigenvalue weighted by molar-refractivity contribution is 7.86. The highest BCUT2D eigenvalue weighted by atomic mass is 32.2. The van der Waals surface area contributed by atoms with E-state index in [2.05, 4.69) is 4.98 Å². The summed E-state index contributed by atoms with van der Waals surface area (Å²) in [6, 6.07) is 6.72. The fourth-order valence-electron chi connectivity index (χ4n) is 1.62. The van der Waals surface area contributed by atoms with Gasteiger partial charge in [0.15, 0.2) is 4.98 Å². The lowest BCUT2D eigenvalue weighted by molar-refractivity contribution is 0.458. The van der Waals surface area contributed by atoms with Crippen molar-refractivity contribution in [3.63, 3.8) is 0 Å². The number of phenols is 1. The molecule has 17 heavy (non-hydrogen) atoms. The van der Waals surface area contributed by atoms with E-state index in [1.165, 1.54) is 18.2 Å². The maximum Gasteiger partial charge on any atom is 0.433 e. The molecule has 1 N–H and O–H groups in total. The molecule has 0 saturated carbocycles. The first-order valence-electron chi connectivity index (χ1n) is 4.51. The Morgan fingerprint density at radius 3 is 2.35 bits per heavy atom. The van der Waals surface area contributed by atoms with E-state index in [0.717, 1.165) is 6.07 Å². The predicted molar refractivity (Wildman–Crippen MR) is 58.3 cm³/mol. The largest absolute Gasteiger partial charge is 0.744 e. The number of rotatable bonds is 1. The Morgan fingerprint density at radius 1 is 1.24 bits per heavy atom. The standard InChI is InChI=1S/C10H6N2O4S/c11-12-10-7-4-2-1-3-6(7)9(5-8(10)13)17(14,15)16/h1-5H,(H-,13,14,15,16). The van der Waals surface area contributed by atoms with Crippen LogP contribution < -0.4 is 0 Å². The summed E-state index contributed by atoms with van der Waals surface area (Å²) >= 11 is 0. The van der Waals surface area contributed by atoms with Crippen LogP contribution in [-0.4, -0.2) is 18.1 Å². The second kappa shape index (κ2) is 3.69. The van der Waals surface area contributed by atoms with Crippen molar-refractivity contribution in [2.24, 2.45) is 0 Å². The summed E-state index contributed by atoms with van der Waals surface area (Å²) in [7, 11) is -4.71. The van der Waals surface area contributed by atoms with Crippen molar-refractivity contribution >= 4 is 26.6 Å². The molecule has 0 spiro atoms. The lowest BCUT2D eigenvalue weighted by Crippen LogP contribution is -1.99. The minimum atomic E-state index is -4.71. The molecule has 0 amide bonds. The first kappa shape index (κ1) is 11.3. The van der Waals surface area contributed by atoms with Gasteiger partial charge >= 0.3 is 5.69 Å². The third kappa shape index (κ3) is 1.80. The number of hydrogen-bond acceptors (Lipinski definition) is 5. The van der Waals surface area contributed by atoms with Crippen molar-refractivity contribution in [2.75, 3.05) is 0 Å². The van der Waals surface area contributed by atoms with E-state index in [4.69, 9.17) is 5.39 Å². The molecule has 0 unspecified atom stereocenters. The van der Waals surface area contributed by atoms with Gasteiger partial charge in [0.05, 0.1) is 10.3 Å². The Labute approximate surface area is 96.5 Å². The van der Waals surface area contributed by atoms with Crippen molar-refractivity contribution in [2.45, 2.75) is 4.90 Å².